The number of benzene rings is 1. The molecular formula is C15H20O3. The highest BCUT2D eigenvalue weighted by atomic mass is 16.5. The molecule has 98 valence electrons. The molecule has 1 aliphatic heterocycles. The van der Waals surface area contributed by atoms with Gasteiger partial charge in [0.25, 0.3) is 0 Å². The molecule has 3 heteroatoms. The van der Waals surface area contributed by atoms with Gasteiger partial charge in [-0.2, -0.15) is 0 Å². The number of methoxy groups -OCH3 is 1. The Bertz CT molecular complexity index is 479. The zero-order chi connectivity index (χ0) is 13.0. The van der Waals surface area contributed by atoms with Crippen LogP contribution in [0.15, 0.2) is 18.2 Å². The molecule has 2 atom stereocenters. The standard InChI is InChI=1S/C15H20O3/c1-14(6-7-14)15(2)9-12(16)11-5-4-10(17-3)8-13(11)18-15/h4-5,8,12,16H,6-7,9H2,1-3H3/t12-,15?/m0/s1. The summed E-state index contributed by atoms with van der Waals surface area (Å²) < 4.78 is 11.4. The highest BCUT2D eigenvalue weighted by Gasteiger charge is 2.57. The molecule has 0 saturated heterocycles. The fourth-order valence-electron chi connectivity index (χ4n) is 2.85. The minimum atomic E-state index is -0.443. The van der Waals surface area contributed by atoms with Crippen molar-refractivity contribution < 1.29 is 14.6 Å². The Labute approximate surface area is 108 Å². The van der Waals surface area contributed by atoms with E-state index in [2.05, 4.69) is 13.8 Å². The van der Waals surface area contributed by atoms with Crippen molar-refractivity contribution in [1.82, 2.24) is 0 Å². The predicted octanol–water partition coefficient (Wildman–Crippen LogP) is 3.07. The summed E-state index contributed by atoms with van der Waals surface area (Å²) in [5.41, 5.74) is 0.804. The van der Waals surface area contributed by atoms with Gasteiger partial charge >= 0.3 is 0 Å². The maximum absolute atomic E-state index is 10.3. The molecule has 1 aliphatic carbocycles. The summed E-state index contributed by atoms with van der Waals surface area (Å²) in [4.78, 5) is 0. The molecule has 1 aromatic carbocycles. The van der Waals surface area contributed by atoms with Gasteiger partial charge in [-0.15, -0.1) is 0 Å². The molecule has 1 N–H and O–H groups in total. The number of aliphatic hydroxyl groups is 1. The third kappa shape index (κ3) is 1.61. The van der Waals surface area contributed by atoms with Crippen molar-refractivity contribution >= 4 is 0 Å². The number of hydrogen-bond donors (Lipinski definition) is 1. The quantitative estimate of drug-likeness (QED) is 0.874. The summed E-state index contributed by atoms with van der Waals surface area (Å²) in [5, 5.41) is 10.3. The molecule has 3 nitrogen and oxygen atoms in total. The van der Waals surface area contributed by atoms with Gasteiger partial charge in [-0.05, 0) is 31.9 Å². The zero-order valence-corrected chi connectivity index (χ0v) is 11.2. The second kappa shape index (κ2) is 3.64. The first-order chi connectivity index (χ1) is 8.47. The number of ether oxygens (including phenoxy) is 2. The molecule has 0 bridgehead atoms. The van der Waals surface area contributed by atoms with Crippen molar-refractivity contribution in [3.05, 3.63) is 23.8 Å². The lowest BCUT2D eigenvalue weighted by Crippen LogP contribution is -2.45. The summed E-state index contributed by atoms with van der Waals surface area (Å²) in [6, 6.07) is 5.64. The first-order valence-corrected chi connectivity index (χ1v) is 6.52. The monoisotopic (exact) mass is 248 g/mol. The molecule has 0 amide bonds. The molecule has 3 rings (SSSR count). The van der Waals surface area contributed by atoms with E-state index in [9.17, 15) is 5.11 Å². The molecule has 0 spiro atoms. The Morgan fingerprint density at radius 3 is 2.67 bits per heavy atom. The van der Waals surface area contributed by atoms with Crippen LogP contribution in [0.3, 0.4) is 0 Å². The Morgan fingerprint density at radius 1 is 1.33 bits per heavy atom. The van der Waals surface area contributed by atoms with E-state index < -0.39 is 6.10 Å². The van der Waals surface area contributed by atoms with E-state index in [4.69, 9.17) is 9.47 Å². The summed E-state index contributed by atoms with van der Waals surface area (Å²) in [6.07, 6.45) is 2.58. The SMILES string of the molecule is COc1ccc2c(c1)OC(C)(C1(C)CC1)C[C@@H]2O. The maximum atomic E-state index is 10.3. The van der Waals surface area contributed by atoms with Crippen LogP contribution in [-0.2, 0) is 0 Å². The number of rotatable bonds is 2. The Hall–Kier alpha value is -1.22. The van der Waals surface area contributed by atoms with E-state index in [1.165, 1.54) is 12.8 Å². The van der Waals surface area contributed by atoms with Crippen LogP contribution in [0.25, 0.3) is 0 Å². The minimum absolute atomic E-state index is 0.203. The van der Waals surface area contributed by atoms with E-state index in [-0.39, 0.29) is 11.0 Å². The van der Waals surface area contributed by atoms with Crippen molar-refractivity contribution in [2.24, 2.45) is 5.41 Å². The average molecular weight is 248 g/mol. The maximum Gasteiger partial charge on any atom is 0.129 e. The van der Waals surface area contributed by atoms with Crippen molar-refractivity contribution in [2.45, 2.75) is 44.8 Å². The van der Waals surface area contributed by atoms with Gasteiger partial charge in [0, 0.05) is 23.5 Å². The van der Waals surface area contributed by atoms with Gasteiger partial charge in [-0.25, -0.2) is 0 Å². The fourth-order valence-corrected chi connectivity index (χ4v) is 2.85. The van der Waals surface area contributed by atoms with Gasteiger partial charge in [-0.1, -0.05) is 6.92 Å². The van der Waals surface area contributed by atoms with Crippen molar-refractivity contribution in [1.29, 1.82) is 0 Å². The van der Waals surface area contributed by atoms with Gasteiger partial charge in [0.1, 0.15) is 17.1 Å². The van der Waals surface area contributed by atoms with Crippen LogP contribution in [0.5, 0.6) is 11.5 Å². The first kappa shape index (κ1) is 11.8. The third-order valence-corrected chi connectivity index (χ3v) is 4.77. The van der Waals surface area contributed by atoms with Gasteiger partial charge < -0.3 is 14.6 Å². The highest BCUT2D eigenvalue weighted by Crippen LogP contribution is 2.59. The average Bonchev–Trinajstić information content (AvgIpc) is 3.08. The van der Waals surface area contributed by atoms with Crippen molar-refractivity contribution in [3.8, 4) is 11.5 Å². The van der Waals surface area contributed by atoms with E-state index in [0.717, 1.165) is 17.1 Å². The molecule has 18 heavy (non-hydrogen) atoms. The van der Waals surface area contributed by atoms with E-state index in [1.807, 2.05) is 18.2 Å². The predicted molar refractivity (Wildman–Crippen MR) is 68.9 cm³/mol. The van der Waals surface area contributed by atoms with Gasteiger partial charge in [0.2, 0.25) is 0 Å². The van der Waals surface area contributed by atoms with Gasteiger partial charge in [0.05, 0.1) is 13.2 Å². The largest absolute Gasteiger partial charge is 0.497 e. The minimum Gasteiger partial charge on any atom is -0.497 e. The first-order valence-electron chi connectivity index (χ1n) is 6.52. The van der Waals surface area contributed by atoms with Gasteiger partial charge in [-0.3, -0.25) is 0 Å². The second-order valence-electron chi connectivity index (χ2n) is 6.02. The Balaban J connectivity index is 2.00. The molecule has 1 saturated carbocycles. The fraction of sp³-hybridized carbons (Fsp3) is 0.600. The Morgan fingerprint density at radius 2 is 2.06 bits per heavy atom. The lowest BCUT2D eigenvalue weighted by Gasteiger charge is -2.42. The lowest BCUT2D eigenvalue weighted by atomic mass is 9.79. The molecule has 2 aliphatic rings. The van der Waals surface area contributed by atoms with Crippen LogP contribution in [0.4, 0.5) is 0 Å². The number of aliphatic hydroxyl groups excluding tert-OH is 1. The molecule has 1 fully saturated rings. The van der Waals surface area contributed by atoms with E-state index >= 15 is 0 Å². The van der Waals surface area contributed by atoms with Crippen LogP contribution in [-0.4, -0.2) is 17.8 Å². The molecule has 1 unspecified atom stereocenters. The zero-order valence-electron chi connectivity index (χ0n) is 11.2. The van der Waals surface area contributed by atoms with Crippen LogP contribution in [0.1, 0.15) is 44.8 Å². The van der Waals surface area contributed by atoms with Crippen LogP contribution < -0.4 is 9.47 Å². The molecule has 1 aromatic rings. The van der Waals surface area contributed by atoms with E-state index in [1.54, 1.807) is 7.11 Å². The Kier molecular flexibility index (Phi) is 2.39. The van der Waals surface area contributed by atoms with Crippen LogP contribution in [0, 0.1) is 5.41 Å². The summed E-state index contributed by atoms with van der Waals surface area (Å²) >= 11 is 0. The molecule has 0 aromatic heterocycles. The van der Waals surface area contributed by atoms with Crippen LogP contribution in [0.2, 0.25) is 0 Å². The molecular weight excluding hydrogens is 228 g/mol. The smallest absolute Gasteiger partial charge is 0.129 e. The summed E-state index contributed by atoms with van der Waals surface area (Å²) in [6.45, 7) is 4.36. The topological polar surface area (TPSA) is 38.7 Å². The summed E-state index contributed by atoms with van der Waals surface area (Å²) in [7, 11) is 1.64. The van der Waals surface area contributed by atoms with Gasteiger partial charge in [0.15, 0.2) is 0 Å². The van der Waals surface area contributed by atoms with Crippen LogP contribution >= 0.6 is 0 Å². The third-order valence-electron chi connectivity index (χ3n) is 4.77. The number of fused-ring (bicyclic) bond motifs is 1. The van der Waals surface area contributed by atoms with Crippen molar-refractivity contribution in [2.75, 3.05) is 7.11 Å². The second-order valence-corrected chi connectivity index (χ2v) is 6.02. The van der Waals surface area contributed by atoms with E-state index in [0.29, 0.717) is 6.42 Å². The normalized spacial score (nSPS) is 32.3. The highest BCUT2D eigenvalue weighted by molar-refractivity contribution is 5.44. The molecule has 1 heterocycles. The summed E-state index contributed by atoms with van der Waals surface area (Å²) in [5.74, 6) is 1.54. The van der Waals surface area contributed by atoms with Crippen molar-refractivity contribution in [3.63, 3.8) is 0 Å². The number of hydrogen-bond acceptors (Lipinski definition) is 3. The molecule has 0 radical (unpaired) electrons. The lowest BCUT2D eigenvalue weighted by molar-refractivity contribution is -0.0473.